The molecule has 0 aliphatic rings. The molecule has 0 aromatic carbocycles. The largest absolute Gasteiger partial charge is 0.480 e. The average Bonchev–Trinajstić information content (AvgIpc) is 2.88. The van der Waals surface area contributed by atoms with E-state index < -0.39 is 91.7 Å². The molecule has 18 nitrogen and oxygen atoms in total. The lowest BCUT2D eigenvalue weighted by atomic mass is 10.0. The Hall–Kier alpha value is -4.32. The number of aliphatic carboxylic acids is 1. The summed E-state index contributed by atoms with van der Waals surface area (Å²) in [5.41, 5.74) is 10.2. The number of primary amides is 1. The first-order valence-corrected chi connectivity index (χ1v) is 12.2. The molecule has 0 radical (unpaired) electrons. The second-order valence-corrected chi connectivity index (χ2v) is 8.93. The van der Waals surface area contributed by atoms with Crippen LogP contribution in [0.1, 0.15) is 33.1 Å². The Morgan fingerprint density at radius 1 is 0.700 bits per heavy atom. The first kappa shape index (κ1) is 35.7. The van der Waals surface area contributed by atoms with E-state index in [4.69, 9.17) is 16.6 Å². The summed E-state index contributed by atoms with van der Waals surface area (Å²) >= 11 is 0. The number of nitrogens with one attached hydrogen (secondary N) is 6. The Kier molecular flexibility index (Phi) is 16.8. The van der Waals surface area contributed by atoms with Crippen LogP contribution in [0.25, 0.3) is 0 Å². The van der Waals surface area contributed by atoms with Crippen molar-refractivity contribution in [3.63, 3.8) is 0 Å². The first-order valence-electron chi connectivity index (χ1n) is 12.2. The van der Waals surface area contributed by atoms with Gasteiger partial charge in [0.05, 0.1) is 26.2 Å². The van der Waals surface area contributed by atoms with Crippen LogP contribution in [-0.2, 0) is 38.4 Å². The van der Waals surface area contributed by atoms with Gasteiger partial charge in [-0.2, -0.15) is 0 Å². The molecule has 0 aromatic heterocycles. The van der Waals surface area contributed by atoms with Crippen LogP contribution in [0.5, 0.6) is 0 Å². The zero-order valence-electron chi connectivity index (χ0n) is 22.3. The van der Waals surface area contributed by atoms with Crippen LogP contribution in [-0.4, -0.2) is 108 Å². The number of nitrogens with two attached hydrogens (primary N) is 2. The number of rotatable bonds is 19. The maximum Gasteiger partial charge on any atom is 0.322 e. The molecule has 226 valence electrons. The molecular formula is C22H38N8O10. The molecular weight excluding hydrogens is 536 g/mol. The van der Waals surface area contributed by atoms with E-state index in [2.05, 4.69) is 26.6 Å². The number of carbonyl (C=O) groups is 8. The lowest BCUT2D eigenvalue weighted by Gasteiger charge is -2.22. The van der Waals surface area contributed by atoms with Crippen LogP contribution >= 0.6 is 0 Å². The van der Waals surface area contributed by atoms with Crippen LogP contribution in [0, 0.1) is 5.92 Å². The van der Waals surface area contributed by atoms with Crippen LogP contribution in [0.15, 0.2) is 0 Å². The number of carboxylic acids is 1. The molecule has 0 aromatic rings. The predicted octanol–water partition coefficient (Wildman–Crippen LogP) is -5.86. The van der Waals surface area contributed by atoms with E-state index in [-0.39, 0.29) is 31.7 Å². The van der Waals surface area contributed by atoms with Gasteiger partial charge >= 0.3 is 5.97 Å². The SMILES string of the molecule is CC(C)C[C@H](NC(=O)CNC(=O)CN)C(=O)NCC(=O)N[C@@H](CO)C(=O)N[C@@H](CCC(N)=O)C(=O)NCC(=O)O. The van der Waals surface area contributed by atoms with Crippen molar-refractivity contribution in [2.45, 2.75) is 51.2 Å². The number of amides is 7. The fraction of sp³-hybridized carbons (Fsp3) is 0.636. The highest BCUT2D eigenvalue weighted by Gasteiger charge is 2.28. The van der Waals surface area contributed by atoms with Crippen LogP contribution < -0.4 is 43.4 Å². The van der Waals surface area contributed by atoms with Crippen molar-refractivity contribution in [3.05, 3.63) is 0 Å². The van der Waals surface area contributed by atoms with Gasteiger partial charge < -0.3 is 53.6 Å². The summed E-state index contributed by atoms with van der Waals surface area (Å²) in [5, 5.41) is 31.7. The van der Waals surface area contributed by atoms with Gasteiger partial charge in [0.25, 0.3) is 0 Å². The van der Waals surface area contributed by atoms with E-state index in [1.165, 1.54) is 0 Å². The standard InChI is InChI=1S/C22H38N8O10/c1-11(2)5-13(28-17(34)7-25-16(33)6-23)21(39)26-8-18(35)29-14(10-31)22(40)30-12(3-4-15(24)32)20(38)27-9-19(36)37/h11-14,31H,3-10,23H2,1-2H3,(H2,24,32)(H,25,33)(H,26,39)(H,27,38)(H,28,34)(H,29,35)(H,30,40)(H,36,37)/t12-,13-,14-/m0/s1. The number of hydrogen-bond acceptors (Lipinski definition) is 10. The summed E-state index contributed by atoms with van der Waals surface area (Å²) in [6, 6.07) is -4.03. The van der Waals surface area contributed by atoms with Crippen LogP contribution in [0.4, 0.5) is 0 Å². The van der Waals surface area contributed by atoms with Crippen molar-refractivity contribution < 1.29 is 48.6 Å². The molecule has 0 bridgehead atoms. The zero-order valence-corrected chi connectivity index (χ0v) is 22.3. The van der Waals surface area contributed by atoms with Gasteiger partial charge in [-0.3, -0.25) is 38.4 Å². The monoisotopic (exact) mass is 574 g/mol. The lowest BCUT2D eigenvalue weighted by molar-refractivity contribution is -0.138. The van der Waals surface area contributed by atoms with E-state index in [1.54, 1.807) is 13.8 Å². The molecule has 12 N–H and O–H groups in total. The van der Waals surface area contributed by atoms with E-state index in [9.17, 15) is 43.5 Å². The van der Waals surface area contributed by atoms with Gasteiger partial charge in [0.2, 0.25) is 41.4 Å². The van der Waals surface area contributed by atoms with Crippen molar-refractivity contribution in [1.29, 1.82) is 0 Å². The minimum atomic E-state index is -1.58. The number of aliphatic hydroxyl groups is 1. The third-order valence-corrected chi connectivity index (χ3v) is 4.97. The summed E-state index contributed by atoms with van der Waals surface area (Å²) in [7, 11) is 0. The number of carboxylic acid groups (broad SMARTS) is 1. The van der Waals surface area contributed by atoms with Crippen molar-refractivity contribution >= 4 is 47.3 Å². The van der Waals surface area contributed by atoms with Gasteiger partial charge in [-0.25, -0.2) is 0 Å². The fourth-order valence-electron chi connectivity index (χ4n) is 3.04. The van der Waals surface area contributed by atoms with Crippen molar-refractivity contribution in [2.75, 3.05) is 32.8 Å². The summed E-state index contributed by atoms with van der Waals surface area (Å²) in [4.78, 5) is 94.8. The molecule has 0 aliphatic carbocycles. The minimum Gasteiger partial charge on any atom is -0.480 e. The molecule has 18 heteroatoms. The van der Waals surface area contributed by atoms with Crippen LogP contribution in [0.2, 0.25) is 0 Å². The van der Waals surface area contributed by atoms with Crippen molar-refractivity contribution in [2.24, 2.45) is 17.4 Å². The van der Waals surface area contributed by atoms with Gasteiger partial charge in [-0.15, -0.1) is 0 Å². The molecule has 40 heavy (non-hydrogen) atoms. The van der Waals surface area contributed by atoms with E-state index >= 15 is 0 Å². The lowest BCUT2D eigenvalue weighted by Crippen LogP contribution is -2.57. The van der Waals surface area contributed by atoms with Crippen LogP contribution in [0.3, 0.4) is 0 Å². The first-order chi connectivity index (χ1) is 18.7. The average molecular weight is 575 g/mol. The minimum absolute atomic E-state index is 0.0406. The van der Waals surface area contributed by atoms with Gasteiger partial charge in [-0.1, -0.05) is 13.8 Å². The Balaban J connectivity index is 5.11. The van der Waals surface area contributed by atoms with E-state index in [0.29, 0.717) is 0 Å². The summed E-state index contributed by atoms with van der Waals surface area (Å²) in [6.45, 7) is 0.517. The topological polar surface area (TPSA) is 301 Å². The maximum atomic E-state index is 12.6. The van der Waals surface area contributed by atoms with E-state index in [1.807, 2.05) is 5.32 Å². The molecule has 0 heterocycles. The van der Waals surface area contributed by atoms with Gasteiger partial charge in [-0.05, 0) is 18.8 Å². The molecule has 0 spiro atoms. The number of carbonyl (C=O) groups excluding carboxylic acids is 7. The smallest absolute Gasteiger partial charge is 0.322 e. The van der Waals surface area contributed by atoms with Crippen molar-refractivity contribution in [3.8, 4) is 0 Å². The molecule has 0 aliphatic heterocycles. The Bertz CT molecular complexity index is 943. The van der Waals surface area contributed by atoms with Gasteiger partial charge in [0, 0.05) is 6.42 Å². The summed E-state index contributed by atoms with van der Waals surface area (Å²) in [6.07, 6.45) is -0.420. The molecule has 7 amide bonds. The molecule has 0 rings (SSSR count). The Morgan fingerprint density at radius 3 is 1.73 bits per heavy atom. The normalized spacial score (nSPS) is 12.7. The molecule has 3 atom stereocenters. The molecule has 0 saturated carbocycles. The maximum absolute atomic E-state index is 12.6. The molecule has 0 unspecified atom stereocenters. The highest BCUT2D eigenvalue weighted by atomic mass is 16.4. The van der Waals surface area contributed by atoms with Gasteiger partial charge in [0.1, 0.15) is 24.7 Å². The summed E-state index contributed by atoms with van der Waals surface area (Å²) < 4.78 is 0. The second kappa shape index (κ2) is 18.9. The predicted molar refractivity (Wildman–Crippen MR) is 136 cm³/mol. The quantitative estimate of drug-likeness (QED) is 0.0692. The Morgan fingerprint density at radius 2 is 1.23 bits per heavy atom. The zero-order chi connectivity index (χ0) is 30.8. The van der Waals surface area contributed by atoms with Crippen molar-refractivity contribution in [1.82, 2.24) is 31.9 Å². The molecule has 0 saturated heterocycles. The third-order valence-electron chi connectivity index (χ3n) is 4.97. The van der Waals surface area contributed by atoms with Gasteiger partial charge in [0.15, 0.2) is 0 Å². The fourth-order valence-corrected chi connectivity index (χ4v) is 3.04. The van der Waals surface area contributed by atoms with E-state index in [0.717, 1.165) is 0 Å². The second-order valence-electron chi connectivity index (χ2n) is 8.93. The number of hydrogen-bond donors (Lipinski definition) is 10. The summed E-state index contributed by atoms with van der Waals surface area (Å²) in [5.74, 6) is -7.03. The number of aliphatic hydroxyl groups excluding tert-OH is 1. The highest BCUT2D eigenvalue weighted by molar-refractivity contribution is 5.95. The third kappa shape index (κ3) is 15.8. The highest BCUT2D eigenvalue weighted by Crippen LogP contribution is 2.05. The molecule has 0 fully saturated rings. The Labute approximate surface area is 229 Å².